The molecule has 2 aromatic heterocycles. The van der Waals surface area contributed by atoms with Gasteiger partial charge in [0.1, 0.15) is 31.7 Å². The molecule has 4 N–H and O–H groups in total. The molecule has 0 unspecified atom stereocenters. The van der Waals surface area contributed by atoms with E-state index in [1.165, 1.54) is 23.9 Å². The molecule has 2 aliphatic rings. The van der Waals surface area contributed by atoms with E-state index < -0.39 is 5.97 Å². The van der Waals surface area contributed by atoms with E-state index in [0.29, 0.717) is 76.4 Å². The van der Waals surface area contributed by atoms with Crippen LogP contribution >= 0.6 is 71.2 Å². The second kappa shape index (κ2) is 16.7. The maximum Gasteiger partial charge on any atom is 0.337 e. The van der Waals surface area contributed by atoms with Crippen molar-refractivity contribution >= 4 is 116 Å². The number of ether oxygens (including phenoxy) is 1. The fourth-order valence-corrected chi connectivity index (χ4v) is 6.78. The average Bonchev–Trinajstić information content (AvgIpc) is 3.87. The van der Waals surface area contributed by atoms with Crippen LogP contribution in [0.1, 0.15) is 32.2 Å². The van der Waals surface area contributed by atoms with E-state index >= 15 is 0 Å². The van der Waals surface area contributed by atoms with Crippen molar-refractivity contribution in [2.75, 3.05) is 20.3 Å². The lowest BCUT2D eigenvalue weighted by atomic mass is 10.1. The van der Waals surface area contributed by atoms with Crippen molar-refractivity contribution in [2.24, 2.45) is 0 Å². The Morgan fingerprint density at radius 2 is 1.30 bits per heavy atom. The Morgan fingerprint density at radius 3 is 1.74 bits per heavy atom. The molecule has 0 spiro atoms. The van der Waals surface area contributed by atoms with E-state index in [-0.39, 0.29) is 28.3 Å². The zero-order valence-electron chi connectivity index (χ0n) is 25.5. The van der Waals surface area contributed by atoms with Gasteiger partial charge in [0.2, 0.25) is 0 Å². The van der Waals surface area contributed by atoms with Crippen LogP contribution in [0.15, 0.2) is 79.3 Å². The minimum atomic E-state index is -1.11. The van der Waals surface area contributed by atoms with Gasteiger partial charge in [-0.25, -0.2) is 4.79 Å². The molecule has 256 valence electrons. The minimum Gasteiger partial charge on any atom is -0.478 e. The normalized spacial score (nSPS) is 15.6. The van der Waals surface area contributed by atoms with E-state index in [9.17, 15) is 19.2 Å². The number of thiocarbonyl (C=S) groups is 2. The fourth-order valence-electron chi connectivity index (χ4n) is 4.33. The van der Waals surface area contributed by atoms with Crippen molar-refractivity contribution in [1.29, 1.82) is 0 Å². The largest absolute Gasteiger partial charge is 0.478 e. The second-order valence-electron chi connectivity index (χ2n) is 10.1. The molecular formula is C33H23Cl2N3O8S4. The van der Waals surface area contributed by atoms with E-state index in [1.807, 2.05) is 0 Å². The van der Waals surface area contributed by atoms with Crippen LogP contribution in [0.25, 0.3) is 34.8 Å². The number of nitrogens with one attached hydrogen (secondary N) is 3. The van der Waals surface area contributed by atoms with Gasteiger partial charge >= 0.3 is 5.97 Å². The number of amides is 3. The molecule has 0 radical (unpaired) electrons. The molecule has 0 bridgehead atoms. The molecule has 3 amide bonds. The Morgan fingerprint density at radius 1 is 0.820 bits per heavy atom. The fraction of sp³-hybridized carbons (Fsp3) is 0.0909. The first kappa shape index (κ1) is 37.0. The van der Waals surface area contributed by atoms with Gasteiger partial charge in [0.25, 0.3) is 17.7 Å². The lowest BCUT2D eigenvalue weighted by Gasteiger charge is -2.07. The number of methoxy groups -OCH3 is 1. The molecule has 17 heteroatoms. The van der Waals surface area contributed by atoms with Gasteiger partial charge in [-0.1, -0.05) is 71.2 Å². The van der Waals surface area contributed by atoms with Crippen LogP contribution in [0.4, 0.5) is 0 Å². The molecule has 0 saturated carbocycles. The predicted octanol–water partition coefficient (Wildman–Crippen LogP) is 7.25. The minimum absolute atomic E-state index is 0.00320. The van der Waals surface area contributed by atoms with Gasteiger partial charge in [0.15, 0.2) is 0 Å². The number of thioether (sulfide) groups is 2. The Hall–Kier alpha value is -4.22. The summed E-state index contributed by atoms with van der Waals surface area (Å²) in [6, 6.07) is 16.5. The topological polar surface area (TPSA) is 160 Å². The Bertz CT molecular complexity index is 2110. The Labute approximate surface area is 313 Å². The lowest BCUT2D eigenvalue weighted by molar-refractivity contribution is -0.116. The zero-order chi connectivity index (χ0) is 35.9. The molecule has 4 heterocycles. The van der Waals surface area contributed by atoms with Crippen LogP contribution in [0, 0.1) is 0 Å². The molecule has 50 heavy (non-hydrogen) atoms. The van der Waals surface area contributed by atoms with Crippen molar-refractivity contribution in [3.8, 4) is 22.6 Å². The van der Waals surface area contributed by atoms with Crippen LogP contribution in [0.2, 0.25) is 10.0 Å². The summed E-state index contributed by atoms with van der Waals surface area (Å²) in [6.45, 7) is 0.796. The molecule has 11 nitrogen and oxygen atoms in total. The molecule has 2 saturated heterocycles. The maximum atomic E-state index is 12.3. The third-order valence-corrected chi connectivity index (χ3v) is 9.64. The molecule has 0 atom stereocenters. The summed E-state index contributed by atoms with van der Waals surface area (Å²) in [5.74, 6) is 0.0840. The summed E-state index contributed by atoms with van der Waals surface area (Å²) >= 11 is 24.2. The van der Waals surface area contributed by atoms with Crippen LogP contribution in [0.5, 0.6) is 0 Å². The summed E-state index contributed by atoms with van der Waals surface area (Å²) in [5, 5.41) is 17.4. The first-order valence-corrected chi connectivity index (χ1v) is 17.4. The first-order chi connectivity index (χ1) is 23.9. The van der Waals surface area contributed by atoms with Crippen LogP contribution < -0.4 is 16.0 Å². The van der Waals surface area contributed by atoms with Crippen LogP contribution in [-0.2, 0) is 14.3 Å². The Balaban J connectivity index is 0.000000197. The number of benzene rings is 2. The highest BCUT2D eigenvalue weighted by Gasteiger charge is 2.24. The number of furan rings is 2. The molecule has 2 fully saturated rings. The quantitative estimate of drug-likeness (QED) is 0.0766. The third kappa shape index (κ3) is 9.31. The maximum absolute atomic E-state index is 12.3. The van der Waals surface area contributed by atoms with Gasteiger partial charge in [-0.05, 0) is 60.7 Å². The van der Waals surface area contributed by atoms with Crippen LogP contribution in [-0.4, -0.2) is 57.7 Å². The van der Waals surface area contributed by atoms with Gasteiger partial charge in [-0.2, -0.15) is 0 Å². The van der Waals surface area contributed by atoms with Crippen molar-refractivity contribution < 1.29 is 37.9 Å². The number of hydrogen-bond acceptors (Lipinski definition) is 11. The number of hydrogen-bond donors (Lipinski definition) is 4. The number of carbonyl (C=O) groups is 4. The zero-order valence-corrected chi connectivity index (χ0v) is 30.3. The van der Waals surface area contributed by atoms with E-state index in [0.717, 1.165) is 11.8 Å². The first-order valence-electron chi connectivity index (χ1n) is 14.2. The van der Waals surface area contributed by atoms with Crippen molar-refractivity contribution in [2.45, 2.75) is 0 Å². The number of carbonyl (C=O) groups excluding carboxylic acids is 3. The Kier molecular flexibility index (Phi) is 12.3. The molecule has 6 rings (SSSR count). The number of carboxylic acids is 1. The number of aromatic carboxylic acids is 1. The van der Waals surface area contributed by atoms with E-state index in [2.05, 4.69) is 16.0 Å². The van der Waals surface area contributed by atoms with Crippen molar-refractivity contribution in [3.05, 3.63) is 103 Å². The highest BCUT2D eigenvalue weighted by atomic mass is 35.5. The smallest absolute Gasteiger partial charge is 0.337 e. The van der Waals surface area contributed by atoms with Gasteiger partial charge in [0.05, 0.1) is 37.6 Å². The predicted molar refractivity (Wildman–Crippen MR) is 202 cm³/mol. The van der Waals surface area contributed by atoms with Gasteiger partial charge < -0.3 is 34.6 Å². The number of carboxylic acid groups (broad SMARTS) is 1. The van der Waals surface area contributed by atoms with Crippen molar-refractivity contribution in [1.82, 2.24) is 16.0 Å². The van der Waals surface area contributed by atoms with Crippen LogP contribution in [0.3, 0.4) is 0 Å². The summed E-state index contributed by atoms with van der Waals surface area (Å²) < 4.78 is 17.2. The second-order valence-corrected chi connectivity index (χ2v) is 14.3. The monoisotopic (exact) mass is 787 g/mol. The average molecular weight is 789 g/mol. The third-order valence-electron chi connectivity index (χ3n) is 6.65. The molecule has 0 aliphatic carbocycles. The highest BCUT2D eigenvalue weighted by molar-refractivity contribution is 8.27. The van der Waals surface area contributed by atoms with Gasteiger partial charge in [-0.15, -0.1) is 0 Å². The summed E-state index contributed by atoms with van der Waals surface area (Å²) in [7, 11) is 1.56. The standard InChI is InChI=1S/C18H15ClN2O4S2.C15H8ClNO4S2/c1-24-7-6-20-16(22)12-8-10(2-4-13(12)19)14-5-3-11(25-14)9-15-17(23)21-18(26)27-15;16-10-3-1-7(5-9(10)14(19)20)11-4-2-8(21-11)6-12-13(18)17-15(22)23-12/h2-5,8-9H,6-7H2,1H3,(H,20,22)(H,21,23,26);1-6H,(H,19,20)(H,17,18,22)/b15-9-;12-6-. The molecule has 2 aromatic carbocycles. The van der Waals surface area contributed by atoms with Gasteiger partial charge in [-0.3, -0.25) is 14.4 Å². The lowest BCUT2D eigenvalue weighted by Crippen LogP contribution is -2.27. The highest BCUT2D eigenvalue weighted by Crippen LogP contribution is 2.32. The number of rotatable bonds is 9. The molecule has 2 aliphatic heterocycles. The van der Waals surface area contributed by atoms with E-state index in [1.54, 1.807) is 67.8 Å². The molecule has 4 aromatic rings. The molecular weight excluding hydrogens is 766 g/mol. The summed E-state index contributed by atoms with van der Waals surface area (Å²) in [5.41, 5.74) is 1.62. The summed E-state index contributed by atoms with van der Waals surface area (Å²) in [4.78, 5) is 47.7. The van der Waals surface area contributed by atoms with E-state index in [4.69, 9.17) is 66.3 Å². The van der Waals surface area contributed by atoms with Gasteiger partial charge in [0, 0.05) is 36.9 Å². The summed E-state index contributed by atoms with van der Waals surface area (Å²) in [6.07, 6.45) is 3.20. The van der Waals surface area contributed by atoms with Crippen molar-refractivity contribution in [3.63, 3.8) is 0 Å². The SMILES string of the molecule is COCCNC(=O)c1cc(-c2ccc(/C=C3\SC(=S)NC3=O)o2)ccc1Cl.O=C1NC(=S)S/C1=C\c1ccc(-c2ccc(Cl)c(C(=O)O)c2)o1. The number of halogens is 2.